The highest BCUT2D eigenvalue weighted by Crippen LogP contribution is 2.41. The first-order chi connectivity index (χ1) is 11.6. The minimum absolute atomic E-state index is 0.0332. The monoisotopic (exact) mass is 336 g/mol. The number of benzene rings is 2. The number of hydrazone groups is 1. The van der Waals surface area contributed by atoms with Crippen molar-refractivity contribution in [2.45, 2.75) is 19.3 Å². The molecule has 1 aliphatic heterocycles. The van der Waals surface area contributed by atoms with Gasteiger partial charge >= 0.3 is 0 Å². The molecule has 3 nitrogen and oxygen atoms in total. The summed E-state index contributed by atoms with van der Waals surface area (Å²) in [5.41, 5.74) is 8.12. The van der Waals surface area contributed by atoms with Gasteiger partial charge in [0.15, 0.2) is 0 Å². The average Bonchev–Trinajstić information content (AvgIpc) is 2.96. The van der Waals surface area contributed by atoms with Gasteiger partial charge in [-0.3, -0.25) is 4.79 Å². The smallest absolute Gasteiger partial charge is 0.249 e. The molecule has 1 aliphatic carbocycles. The van der Waals surface area contributed by atoms with Gasteiger partial charge in [0.1, 0.15) is 0 Å². The van der Waals surface area contributed by atoms with Crippen LogP contribution in [0.25, 0.3) is 5.57 Å². The van der Waals surface area contributed by atoms with E-state index >= 15 is 0 Å². The van der Waals surface area contributed by atoms with Crippen molar-refractivity contribution in [3.8, 4) is 0 Å². The van der Waals surface area contributed by atoms with Crippen molar-refractivity contribution in [1.29, 1.82) is 0 Å². The van der Waals surface area contributed by atoms with Gasteiger partial charge in [-0.25, -0.2) is 5.43 Å². The fourth-order valence-corrected chi connectivity index (χ4v) is 3.71. The molecule has 1 N–H and O–H groups in total. The summed E-state index contributed by atoms with van der Waals surface area (Å²) in [5, 5.41) is 4.93. The molecule has 24 heavy (non-hydrogen) atoms. The first-order valence-corrected chi connectivity index (χ1v) is 8.40. The van der Waals surface area contributed by atoms with E-state index in [9.17, 15) is 4.79 Å². The van der Waals surface area contributed by atoms with Crippen molar-refractivity contribution in [2.75, 3.05) is 0 Å². The molecule has 4 heteroatoms. The van der Waals surface area contributed by atoms with Crippen LogP contribution in [0, 0.1) is 12.8 Å². The molecule has 2 atom stereocenters. The fourth-order valence-electron chi connectivity index (χ4n) is 3.51. The van der Waals surface area contributed by atoms with Crippen LogP contribution in [0.4, 0.5) is 0 Å². The van der Waals surface area contributed by atoms with E-state index < -0.39 is 0 Å². The van der Waals surface area contributed by atoms with Gasteiger partial charge in [0.25, 0.3) is 0 Å². The van der Waals surface area contributed by atoms with Crippen LogP contribution >= 0.6 is 11.6 Å². The lowest BCUT2D eigenvalue weighted by molar-refractivity contribution is -0.122. The molecule has 2 unspecified atom stereocenters. The molecule has 0 saturated heterocycles. The summed E-state index contributed by atoms with van der Waals surface area (Å²) >= 11 is 6.17. The maximum absolute atomic E-state index is 12.3. The standard InChI is InChI=1S/C20H17ClN2O/c1-12-5-7-13(8-6-12)15-10-17(14-3-2-4-16(21)9-14)19-18(11-15)22-23-20(19)24/h2-9,11,17,19H,10H2,1H3,(H,23,24). The Morgan fingerprint density at radius 1 is 1.17 bits per heavy atom. The van der Waals surface area contributed by atoms with Crippen molar-refractivity contribution in [3.05, 3.63) is 76.3 Å². The molecule has 0 bridgehead atoms. The Labute approximate surface area is 146 Å². The van der Waals surface area contributed by atoms with Crippen LogP contribution in [0.5, 0.6) is 0 Å². The Kier molecular flexibility index (Phi) is 3.73. The molecule has 1 amide bonds. The highest BCUT2D eigenvalue weighted by atomic mass is 35.5. The Balaban J connectivity index is 1.77. The summed E-state index contributed by atoms with van der Waals surface area (Å²) in [5.74, 6) is -0.224. The summed E-state index contributed by atoms with van der Waals surface area (Å²) in [6.07, 6.45) is 2.84. The zero-order valence-corrected chi connectivity index (χ0v) is 14.0. The van der Waals surface area contributed by atoms with E-state index in [1.54, 1.807) is 0 Å². The van der Waals surface area contributed by atoms with Gasteiger partial charge in [-0.05, 0) is 48.3 Å². The second-order valence-electron chi connectivity index (χ2n) is 6.39. The normalized spacial score (nSPS) is 22.5. The number of amides is 1. The third-order valence-corrected chi connectivity index (χ3v) is 4.99. The highest BCUT2D eigenvalue weighted by molar-refractivity contribution is 6.30. The van der Waals surface area contributed by atoms with Crippen molar-refractivity contribution in [3.63, 3.8) is 0 Å². The van der Waals surface area contributed by atoms with Crippen LogP contribution in [0.3, 0.4) is 0 Å². The minimum Gasteiger partial charge on any atom is -0.272 e. The van der Waals surface area contributed by atoms with E-state index in [1.165, 1.54) is 16.7 Å². The Morgan fingerprint density at radius 3 is 2.71 bits per heavy atom. The maximum atomic E-state index is 12.3. The molecule has 2 aliphatic rings. The molecule has 0 radical (unpaired) electrons. The minimum atomic E-state index is -0.238. The van der Waals surface area contributed by atoms with Crippen LogP contribution in [0.15, 0.2) is 59.7 Å². The molecule has 0 spiro atoms. The van der Waals surface area contributed by atoms with E-state index in [0.29, 0.717) is 5.02 Å². The van der Waals surface area contributed by atoms with Gasteiger partial charge in [0, 0.05) is 10.9 Å². The maximum Gasteiger partial charge on any atom is 0.249 e. The lowest BCUT2D eigenvalue weighted by atomic mass is 9.73. The van der Waals surface area contributed by atoms with Gasteiger partial charge < -0.3 is 0 Å². The Hall–Kier alpha value is -2.39. The van der Waals surface area contributed by atoms with E-state index in [4.69, 9.17) is 11.6 Å². The van der Waals surface area contributed by atoms with Gasteiger partial charge in [-0.1, -0.05) is 53.6 Å². The fraction of sp³-hybridized carbons (Fsp3) is 0.200. The zero-order valence-electron chi connectivity index (χ0n) is 13.3. The third-order valence-electron chi connectivity index (χ3n) is 4.76. The first-order valence-electron chi connectivity index (χ1n) is 8.02. The van der Waals surface area contributed by atoms with Gasteiger partial charge in [-0.15, -0.1) is 0 Å². The molecule has 2 aromatic rings. The van der Waals surface area contributed by atoms with Crippen LogP contribution in [0.2, 0.25) is 5.02 Å². The van der Waals surface area contributed by atoms with Crippen LogP contribution in [0.1, 0.15) is 29.0 Å². The largest absolute Gasteiger partial charge is 0.272 e. The lowest BCUT2D eigenvalue weighted by Crippen LogP contribution is -2.31. The van der Waals surface area contributed by atoms with E-state index in [0.717, 1.165) is 17.7 Å². The van der Waals surface area contributed by atoms with E-state index in [2.05, 4.69) is 41.7 Å². The number of allylic oxidation sites excluding steroid dienone is 2. The number of nitrogens with zero attached hydrogens (tertiary/aromatic N) is 1. The number of aryl methyl sites for hydroxylation is 1. The number of carbonyl (C=O) groups is 1. The molecule has 2 aromatic carbocycles. The number of fused-ring (bicyclic) bond motifs is 1. The summed E-state index contributed by atoms with van der Waals surface area (Å²) in [4.78, 5) is 12.3. The number of rotatable bonds is 2. The number of hydrogen-bond donors (Lipinski definition) is 1. The van der Waals surface area contributed by atoms with Gasteiger partial charge in [0.05, 0.1) is 11.6 Å². The van der Waals surface area contributed by atoms with Crippen molar-refractivity contribution in [1.82, 2.24) is 5.43 Å². The molecule has 120 valence electrons. The lowest BCUT2D eigenvalue weighted by Gasteiger charge is -2.28. The van der Waals surface area contributed by atoms with E-state index in [-0.39, 0.29) is 17.7 Å². The van der Waals surface area contributed by atoms with Crippen molar-refractivity contribution >= 4 is 28.8 Å². The number of halogens is 1. The zero-order chi connectivity index (χ0) is 16.7. The third kappa shape index (κ3) is 2.65. The van der Waals surface area contributed by atoms with Gasteiger partial charge in [0.2, 0.25) is 5.91 Å². The predicted octanol–water partition coefficient (Wildman–Crippen LogP) is 4.32. The molecule has 4 rings (SSSR count). The summed E-state index contributed by atoms with van der Waals surface area (Å²) < 4.78 is 0. The average molecular weight is 337 g/mol. The summed E-state index contributed by atoms with van der Waals surface area (Å²) in [7, 11) is 0. The number of carbonyl (C=O) groups excluding carboxylic acids is 1. The van der Waals surface area contributed by atoms with Crippen molar-refractivity contribution in [2.24, 2.45) is 11.0 Å². The summed E-state index contributed by atoms with van der Waals surface area (Å²) in [6, 6.07) is 16.3. The molecule has 0 saturated carbocycles. The second-order valence-corrected chi connectivity index (χ2v) is 6.83. The predicted molar refractivity (Wildman–Crippen MR) is 97.0 cm³/mol. The summed E-state index contributed by atoms with van der Waals surface area (Å²) in [6.45, 7) is 2.08. The molecule has 1 heterocycles. The number of hydrogen-bond acceptors (Lipinski definition) is 2. The quantitative estimate of drug-likeness (QED) is 0.871. The van der Waals surface area contributed by atoms with Crippen LogP contribution < -0.4 is 5.43 Å². The Bertz CT molecular complexity index is 867. The van der Waals surface area contributed by atoms with Crippen molar-refractivity contribution < 1.29 is 4.79 Å². The molecule has 0 fully saturated rings. The SMILES string of the molecule is Cc1ccc(C2=CC3=NNC(=O)C3C(c3cccc(Cl)c3)C2)cc1. The van der Waals surface area contributed by atoms with Gasteiger partial charge in [-0.2, -0.15) is 5.10 Å². The van der Waals surface area contributed by atoms with Crippen LogP contribution in [-0.2, 0) is 4.79 Å². The molecule has 0 aromatic heterocycles. The molecular formula is C20H17ClN2O. The molecular weight excluding hydrogens is 320 g/mol. The second kappa shape index (κ2) is 5.91. The first kappa shape index (κ1) is 15.2. The van der Waals surface area contributed by atoms with Crippen LogP contribution in [-0.4, -0.2) is 11.6 Å². The van der Waals surface area contributed by atoms with E-state index in [1.807, 2.05) is 30.3 Å². The topological polar surface area (TPSA) is 41.5 Å². The Morgan fingerprint density at radius 2 is 1.96 bits per heavy atom. The highest BCUT2D eigenvalue weighted by Gasteiger charge is 2.40. The number of nitrogens with one attached hydrogen (secondary N) is 1.